The third kappa shape index (κ3) is 2.65. The number of hydrogen-bond donors (Lipinski definition) is 1. The van der Waals surface area contributed by atoms with Gasteiger partial charge in [-0.3, -0.25) is 4.98 Å². The normalized spacial score (nSPS) is 28.5. The van der Waals surface area contributed by atoms with Crippen LogP contribution in [0, 0.1) is 0 Å². The first kappa shape index (κ1) is 18.9. The Balaban J connectivity index is 1.73. The van der Waals surface area contributed by atoms with Crippen LogP contribution in [0.4, 0.5) is 0 Å². The van der Waals surface area contributed by atoms with Crippen LogP contribution in [0.3, 0.4) is 0 Å². The fourth-order valence-corrected chi connectivity index (χ4v) is 5.61. The van der Waals surface area contributed by atoms with Gasteiger partial charge < -0.3 is 14.4 Å². The number of fused-ring (bicyclic) bond motifs is 3. The van der Waals surface area contributed by atoms with Crippen molar-refractivity contribution in [1.82, 2.24) is 4.98 Å². The van der Waals surface area contributed by atoms with E-state index in [4.69, 9.17) is 16.3 Å². The first-order valence-corrected chi connectivity index (χ1v) is 11.5. The molecule has 1 fully saturated rings. The lowest BCUT2D eigenvalue weighted by Crippen LogP contribution is -2.48. The highest BCUT2D eigenvalue weighted by molar-refractivity contribution is 7.90. The molecule has 5 rings (SSSR count). The standard InChI is InChI=1S/C23H20ClNO3S/c1-29(27)18-9-7-16(8-10-18)23-19(15-5-3-2-4-6-15)11-12-22(23,26)21-20(28-23)13-17(24)14-25-21/h2-10,13-14,19,26H,11-12H2,1H3. The molecule has 0 spiro atoms. The summed E-state index contributed by atoms with van der Waals surface area (Å²) < 4.78 is 18.5. The lowest BCUT2D eigenvalue weighted by molar-refractivity contribution is -0.107. The molecule has 2 heterocycles. The van der Waals surface area contributed by atoms with E-state index in [0.717, 1.165) is 22.4 Å². The van der Waals surface area contributed by atoms with Crippen LogP contribution in [0.1, 0.15) is 35.6 Å². The lowest BCUT2D eigenvalue weighted by Gasteiger charge is -2.39. The molecule has 4 nitrogen and oxygen atoms in total. The fourth-order valence-electron chi connectivity index (χ4n) is 4.94. The van der Waals surface area contributed by atoms with E-state index in [9.17, 15) is 9.66 Å². The molecule has 1 aliphatic carbocycles. The first-order chi connectivity index (χ1) is 14.0. The van der Waals surface area contributed by atoms with Gasteiger partial charge in [0.1, 0.15) is 17.7 Å². The Labute approximate surface area is 177 Å². The third-order valence-corrected chi connectivity index (χ3v) is 7.34. The zero-order valence-electron chi connectivity index (χ0n) is 15.8. The molecule has 0 saturated heterocycles. The lowest BCUT2D eigenvalue weighted by atomic mass is 9.73. The van der Waals surface area contributed by atoms with E-state index in [0.29, 0.717) is 22.9 Å². The Morgan fingerprint density at radius 1 is 1.17 bits per heavy atom. The summed E-state index contributed by atoms with van der Waals surface area (Å²) in [6, 6.07) is 19.4. The van der Waals surface area contributed by atoms with Crippen LogP contribution in [0.15, 0.2) is 71.8 Å². The van der Waals surface area contributed by atoms with Crippen LogP contribution < -0.4 is 4.74 Å². The van der Waals surface area contributed by atoms with Gasteiger partial charge in [0.25, 0.3) is 0 Å². The summed E-state index contributed by atoms with van der Waals surface area (Å²) in [6.45, 7) is 0. The second-order valence-electron chi connectivity index (χ2n) is 7.68. The molecule has 1 saturated carbocycles. The van der Waals surface area contributed by atoms with Gasteiger partial charge in [0.05, 0.1) is 5.02 Å². The van der Waals surface area contributed by atoms with Crippen LogP contribution in [0.5, 0.6) is 5.75 Å². The molecule has 0 bridgehead atoms. The Bertz CT molecular complexity index is 1060. The Hall–Kier alpha value is -2.05. The van der Waals surface area contributed by atoms with Crippen LogP contribution in [-0.4, -0.2) is 20.9 Å². The van der Waals surface area contributed by atoms with E-state index < -0.39 is 22.4 Å². The van der Waals surface area contributed by atoms with E-state index in [1.165, 1.54) is 0 Å². The van der Waals surface area contributed by atoms with Crippen LogP contribution in [0.25, 0.3) is 0 Å². The highest BCUT2D eigenvalue weighted by atomic mass is 35.5. The minimum Gasteiger partial charge on any atom is -0.612 e. The fraction of sp³-hybridized carbons (Fsp3) is 0.261. The maximum Gasteiger partial charge on any atom is 0.175 e. The molecule has 2 aliphatic rings. The Morgan fingerprint density at radius 3 is 2.59 bits per heavy atom. The summed E-state index contributed by atoms with van der Waals surface area (Å²) in [5.41, 5.74) is 0.172. The average Bonchev–Trinajstić information content (AvgIpc) is 3.15. The van der Waals surface area contributed by atoms with Crippen molar-refractivity contribution in [2.75, 3.05) is 6.26 Å². The molecule has 2 aromatic carbocycles. The highest BCUT2D eigenvalue weighted by Crippen LogP contribution is 2.66. The molecule has 4 atom stereocenters. The number of rotatable bonds is 3. The van der Waals surface area contributed by atoms with Gasteiger partial charge in [-0.25, -0.2) is 0 Å². The highest BCUT2D eigenvalue weighted by Gasteiger charge is 2.69. The van der Waals surface area contributed by atoms with Gasteiger partial charge in [-0.2, -0.15) is 0 Å². The van der Waals surface area contributed by atoms with Gasteiger partial charge in [0.15, 0.2) is 16.1 Å². The smallest absolute Gasteiger partial charge is 0.175 e. The van der Waals surface area contributed by atoms with Crippen molar-refractivity contribution in [2.24, 2.45) is 0 Å². The minimum absolute atomic E-state index is 0.0698. The number of aliphatic hydroxyl groups is 1. The maximum absolute atomic E-state index is 12.0. The number of benzene rings is 2. The number of aromatic nitrogens is 1. The van der Waals surface area contributed by atoms with Gasteiger partial charge in [-0.1, -0.05) is 41.9 Å². The summed E-state index contributed by atoms with van der Waals surface area (Å²) >= 11 is 5.09. The van der Waals surface area contributed by atoms with E-state index in [-0.39, 0.29) is 5.92 Å². The summed E-state index contributed by atoms with van der Waals surface area (Å²) in [4.78, 5) is 5.20. The van der Waals surface area contributed by atoms with Crippen molar-refractivity contribution in [3.05, 3.63) is 88.7 Å². The molecule has 3 aromatic rings. The van der Waals surface area contributed by atoms with Gasteiger partial charge in [-0.15, -0.1) is 0 Å². The second kappa shape index (κ2) is 6.74. The van der Waals surface area contributed by atoms with Crippen molar-refractivity contribution in [3.8, 4) is 5.75 Å². The number of pyridine rings is 1. The summed E-state index contributed by atoms with van der Waals surface area (Å²) in [6.07, 6.45) is 4.48. The van der Waals surface area contributed by atoms with Crippen LogP contribution in [0.2, 0.25) is 5.02 Å². The van der Waals surface area contributed by atoms with Gasteiger partial charge in [0.2, 0.25) is 0 Å². The van der Waals surface area contributed by atoms with E-state index in [2.05, 4.69) is 17.1 Å². The van der Waals surface area contributed by atoms with Crippen molar-refractivity contribution >= 4 is 22.8 Å². The number of nitrogens with zero attached hydrogens (tertiary/aromatic N) is 1. The van der Waals surface area contributed by atoms with Crippen molar-refractivity contribution < 1.29 is 14.4 Å². The summed E-state index contributed by atoms with van der Waals surface area (Å²) in [7, 11) is 0. The quantitative estimate of drug-likeness (QED) is 0.626. The SMILES string of the molecule is C[S+]([O-])c1ccc(C23Oc4cc(Cl)cnc4C2(O)CCC3c2ccccc2)cc1. The predicted octanol–water partition coefficient (Wildman–Crippen LogP) is 4.53. The molecular formula is C23H20ClNO3S. The van der Waals surface area contributed by atoms with E-state index in [1.54, 1.807) is 18.5 Å². The molecule has 1 aliphatic heterocycles. The molecular weight excluding hydrogens is 406 g/mol. The average molecular weight is 426 g/mol. The summed E-state index contributed by atoms with van der Waals surface area (Å²) in [5.74, 6) is 0.448. The minimum atomic E-state index is -1.28. The van der Waals surface area contributed by atoms with E-state index in [1.807, 2.05) is 42.5 Å². The molecule has 6 heteroatoms. The predicted molar refractivity (Wildman–Crippen MR) is 113 cm³/mol. The molecule has 1 aromatic heterocycles. The van der Waals surface area contributed by atoms with Crippen molar-refractivity contribution in [1.29, 1.82) is 0 Å². The van der Waals surface area contributed by atoms with Crippen molar-refractivity contribution in [3.63, 3.8) is 0 Å². The topological polar surface area (TPSA) is 65.4 Å². The van der Waals surface area contributed by atoms with Crippen LogP contribution in [-0.2, 0) is 22.4 Å². The number of hydrogen-bond acceptors (Lipinski definition) is 4. The second-order valence-corrected chi connectivity index (χ2v) is 9.49. The zero-order chi connectivity index (χ0) is 20.2. The molecule has 29 heavy (non-hydrogen) atoms. The molecule has 4 unspecified atom stereocenters. The molecule has 0 amide bonds. The molecule has 148 valence electrons. The summed E-state index contributed by atoms with van der Waals surface area (Å²) in [5, 5.41) is 12.5. The van der Waals surface area contributed by atoms with Gasteiger partial charge in [0, 0.05) is 18.2 Å². The molecule has 1 N–H and O–H groups in total. The molecule has 0 radical (unpaired) electrons. The largest absolute Gasteiger partial charge is 0.612 e. The Kier molecular flexibility index (Phi) is 4.40. The number of ether oxygens (including phenoxy) is 1. The van der Waals surface area contributed by atoms with Crippen LogP contribution >= 0.6 is 11.6 Å². The van der Waals surface area contributed by atoms with Gasteiger partial charge >= 0.3 is 0 Å². The van der Waals surface area contributed by atoms with Gasteiger partial charge in [-0.05, 0) is 59.4 Å². The first-order valence-electron chi connectivity index (χ1n) is 9.52. The Morgan fingerprint density at radius 2 is 1.90 bits per heavy atom. The maximum atomic E-state index is 12.0. The third-order valence-electron chi connectivity index (χ3n) is 6.20. The zero-order valence-corrected chi connectivity index (χ0v) is 17.4. The number of halogens is 1. The van der Waals surface area contributed by atoms with Crippen molar-refractivity contribution in [2.45, 2.75) is 34.9 Å². The van der Waals surface area contributed by atoms with E-state index >= 15 is 0 Å². The monoisotopic (exact) mass is 425 g/mol.